The van der Waals surface area contributed by atoms with Crippen LogP contribution in [0.1, 0.15) is 18.5 Å². The summed E-state index contributed by atoms with van der Waals surface area (Å²) < 4.78 is 9.55. The minimum Gasteiger partial charge on any atom is -0.467 e. The third-order valence-corrected chi connectivity index (χ3v) is 5.10. The monoisotopic (exact) mass is 391 g/mol. The lowest BCUT2D eigenvalue weighted by molar-refractivity contribution is -0.120. The molecule has 0 bridgehead atoms. The van der Waals surface area contributed by atoms with Gasteiger partial charge >= 0.3 is 0 Å². The number of aryl methyl sites for hydroxylation is 1. The van der Waals surface area contributed by atoms with E-state index in [4.69, 9.17) is 4.42 Å². The Morgan fingerprint density at radius 3 is 2.78 bits per heavy atom. The number of anilines is 1. The summed E-state index contributed by atoms with van der Waals surface area (Å²) >= 11 is 1.45. The average Bonchev–Trinajstić information content (AvgIpc) is 3.39. The molecule has 146 valence electrons. The highest BCUT2D eigenvalue weighted by molar-refractivity contribution is 7.09. The molecule has 2 N–H and O–H groups in total. The van der Waals surface area contributed by atoms with Gasteiger partial charge in [-0.05, 0) is 12.1 Å². The molecule has 2 aromatic rings. The van der Waals surface area contributed by atoms with Gasteiger partial charge in [0.25, 0.3) is 0 Å². The number of rotatable bonds is 6. The van der Waals surface area contributed by atoms with Crippen LogP contribution in [0.5, 0.6) is 0 Å². The maximum absolute atomic E-state index is 12.0. The van der Waals surface area contributed by atoms with E-state index in [0.29, 0.717) is 6.54 Å². The van der Waals surface area contributed by atoms with Gasteiger partial charge in [-0.15, -0.1) is 0 Å². The Bertz CT molecular complexity index is 751. The first-order chi connectivity index (χ1) is 13.2. The molecule has 0 aliphatic carbocycles. The van der Waals surface area contributed by atoms with Crippen molar-refractivity contribution < 1.29 is 9.21 Å². The molecule has 1 aliphatic rings. The predicted molar refractivity (Wildman–Crippen MR) is 105 cm³/mol. The summed E-state index contributed by atoms with van der Waals surface area (Å²) in [5.41, 5.74) is 0. The Labute approximate surface area is 162 Å². The molecule has 10 heteroatoms. The van der Waals surface area contributed by atoms with Gasteiger partial charge < -0.3 is 24.9 Å². The molecule has 1 amide bonds. The average molecular weight is 392 g/mol. The zero-order valence-corrected chi connectivity index (χ0v) is 16.5. The molecular weight excluding hydrogens is 366 g/mol. The second-order valence-corrected chi connectivity index (χ2v) is 6.81. The van der Waals surface area contributed by atoms with Crippen molar-refractivity contribution in [1.29, 1.82) is 0 Å². The normalized spacial score (nSPS) is 15.1. The van der Waals surface area contributed by atoms with Gasteiger partial charge in [0, 0.05) is 51.2 Å². The van der Waals surface area contributed by atoms with E-state index in [2.05, 4.69) is 41.7 Å². The number of piperazine rings is 1. The number of furan rings is 1. The number of nitrogens with zero attached hydrogens (tertiary/aromatic N) is 5. The van der Waals surface area contributed by atoms with Gasteiger partial charge in [0.1, 0.15) is 11.6 Å². The Hall–Kier alpha value is -2.62. The topological polar surface area (TPSA) is 98.9 Å². The maximum atomic E-state index is 12.0. The van der Waals surface area contributed by atoms with Crippen LogP contribution in [0.25, 0.3) is 0 Å². The summed E-state index contributed by atoms with van der Waals surface area (Å²) in [7, 11) is 1.73. The van der Waals surface area contributed by atoms with E-state index >= 15 is 0 Å². The highest BCUT2D eigenvalue weighted by Gasteiger charge is 2.22. The zero-order chi connectivity index (χ0) is 19.1. The van der Waals surface area contributed by atoms with E-state index in [1.165, 1.54) is 11.5 Å². The first-order valence-corrected chi connectivity index (χ1v) is 9.79. The molecule has 0 unspecified atom stereocenters. The van der Waals surface area contributed by atoms with Crippen molar-refractivity contribution in [3.05, 3.63) is 30.0 Å². The smallest absolute Gasteiger partial charge is 0.239 e. The summed E-state index contributed by atoms with van der Waals surface area (Å²) in [6.07, 6.45) is 2.45. The Morgan fingerprint density at radius 2 is 2.15 bits per heavy atom. The van der Waals surface area contributed by atoms with Crippen LogP contribution in [0.4, 0.5) is 5.13 Å². The fourth-order valence-corrected chi connectivity index (χ4v) is 3.58. The molecule has 0 radical (unpaired) electrons. The molecule has 1 fully saturated rings. The van der Waals surface area contributed by atoms with Gasteiger partial charge in [0.05, 0.1) is 19.4 Å². The quantitative estimate of drug-likeness (QED) is 0.553. The Kier molecular flexibility index (Phi) is 6.64. The van der Waals surface area contributed by atoms with Crippen LogP contribution in [0.2, 0.25) is 0 Å². The van der Waals surface area contributed by atoms with Gasteiger partial charge in [-0.3, -0.25) is 9.79 Å². The largest absolute Gasteiger partial charge is 0.467 e. The fraction of sp³-hybridized carbons (Fsp3) is 0.529. The number of carbonyl (C=O) groups is 1. The maximum Gasteiger partial charge on any atom is 0.239 e. The van der Waals surface area contributed by atoms with Gasteiger partial charge in [-0.2, -0.15) is 4.37 Å². The lowest BCUT2D eigenvalue weighted by Gasteiger charge is -2.36. The van der Waals surface area contributed by atoms with Gasteiger partial charge in [-0.25, -0.2) is 4.98 Å². The molecule has 1 aliphatic heterocycles. The van der Waals surface area contributed by atoms with Crippen LogP contribution < -0.4 is 15.5 Å². The Balaban J connectivity index is 1.42. The second kappa shape index (κ2) is 9.36. The van der Waals surface area contributed by atoms with Gasteiger partial charge in [0.15, 0.2) is 5.96 Å². The van der Waals surface area contributed by atoms with E-state index < -0.39 is 0 Å². The van der Waals surface area contributed by atoms with Crippen molar-refractivity contribution in [1.82, 2.24) is 24.9 Å². The minimum atomic E-state index is -0.104. The highest BCUT2D eigenvalue weighted by Crippen LogP contribution is 2.19. The van der Waals surface area contributed by atoms with Crippen LogP contribution in [0.15, 0.2) is 27.8 Å². The number of amides is 1. The van der Waals surface area contributed by atoms with E-state index in [1.54, 1.807) is 19.4 Å². The van der Waals surface area contributed by atoms with Crippen molar-refractivity contribution in [3.8, 4) is 0 Å². The van der Waals surface area contributed by atoms with Crippen molar-refractivity contribution in [2.45, 2.75) is 19.9 Å². The molecule has 3 heterocycles. The molecule has 3 rings (SSSR count). The van der Waals surface area contributed by atoms with Crippen molar-refractivity contribution in [3.63, 3.8) is 0 Å². The van der Waals surface area contributed by atoms with Crippen LogP contribution in [-0.4, -0.2) is 65.9 Å². The van der Waals surface area contributed by atoms with E-state index in [9.17, 15) is 4.79 Å². The van der Waals surface area contributed by atoms with Gasteiger partial charge in [0.2, 0.25) is 11.0 Å². The molecule has 2 aromatic heterocycles. The fourth-order valence-electron chi connectivity index (χ4n) is 2.78. The van der Waals surface area contributed by atoms with Gasteiger partial charge in [-0.1, -0.05) is 6.92 Å². The molecule has 0 aromatic carbocycles. The van der Waals surface area contributed by atoms with Crippen LogP contribution in [-0.2, 0) is 17.8 Å². The summed E-state index contributed by atoms with van der Waals surface area (Å²) in [6, 6.07) is 3.62. The van der Waals surface area contributed by atoms with Crippen LogP contribution in [0, 0.1) is 0 Å². The molecule has 9 nitrogen and oxygen atoms in total. The standard InChI is InChI=1S/C17H25N7O2S/c1-3-14-21-17(27-22-14)24-8-6-23(7-9-24)16(18-2)20-12-15(25)19-11-13-5-4-10-26-13/h4-5,10H,3,6-9,11-12H2,1-2H3,(H,18,20)(H,19,25). The molecule has 0 atom stereocenters. The number of hydrogen-bond donors (Lipinski definition) is 2. The van der Waals surface area contributed by atoms with Crippen molar-refractivity contribution >= 4 is 28.5 Å². The second-order valence-electron chi connectivity index (χ2n) is 6.08. The third-order valence-electron chi connectivity index (χ3n) is 4.28. The summed E-state index contributed by atoms with van der Waals surface area (Å²) in [5.74, 6) is 2.25. The zero-order valence-electron chi connectivity index (χ0n) is 15.6. The molecule has 0 saturated carbocycles. The lowest BCUT2D eigenvalue weighted by atomic mass is 10.3. The van der Waals surface area contributed by atoms with Crippen LogP contribution >= 0.6 is 11.5 Å². The number of hydrogen-bond acceptors (Lipinski definition) is 7. The van der Waals surface area contributed by atoms with Crippen molar-refractivity contribution in [2.75, 3.05) is 44.7 Å². The number of guanidine groups is 1. The first-order valence-electron chi connectivity index (χ1n) is 9.01. The summed E-state index contributed by atoms with van der Waals surface area (Å²) in [5, 5.41) is 6.92. The van der Waals surface area contributed by atoms with E-state index in [0.717, 1.165) is 55.3 Å². The number of nitrogens with one attached hydrogen (secondary N) is 2. The van der Waals surface area contributed by atoms with Crippen molar-refractivity contribution in [2.24, 2.45) is 4.99 Å². The predicted octanol–water partition coefficient (Wildman–Crippen LogP) is 0.707. The molecule has 27 heavy (non-hydrogen) atoms. The van der Waals surface area contributed by atoms with E-state index in [1.807, 2.05) is 6.07 Å². The molecule has 0 spiro atoms. The molecular formula is C17H25N7O2S. The SMILES string of the molecule is CCc1nsc(N2CCN(C(=NC)NCC(=O)NCc3ccco3)CC2)n1. The third kappa shape index (κ3) is 5.19. The number of aromatic nitrogens is 2. The minimum absolute atomic E-state index is 0.104. The van der Waals surface area contributed by atoms with Crippen LogP contribution in [0.3, 0.4) is 0 Å². The number of aliphatic imine (C=N–C) groups is 1. The Morgan fingerprint density at radius 1 is 1.33 bits per heavy atom. The molecule has 1 saturated heterocycles. The number of carbonyl (C=O) groups excluding carboxylic acids is 1. The lowest BCUT2D eigenvalue weighted by Crippen LogP contribution is -2.53. The first kappa shape index (κ1) is 19.2. The van der Waals surface area contributed by atoms with E-state index in [-0.39, 0.29) is 12.5 Å². The summed E-state index contributed by atoms with van der Waals surface area (Å²) in [6.45, 7) is 5.94. The highest BCUT2D eigenvalue weighted by atomic mass is 32.1. The summed E-state index contributed by atoms with van der Waals surface area (Å²) in [4.78, 5) is 25.2.